The smallest absolute Gasteiger partial charge is 0.193 e. The minimum atomic E-state index is -1.83. The summed E-state index contributed by atoms with van der Waals surface area (Å²) in [5.41, 5.74) is 1.26. The Balaban J connectivity index is 5.00. The summed E-state index contributed by atoms with van der Waals surface area (Å²) >= 11 is 2.08. The summed E-state index contributed by atoms with van der Waals surface area (Å²) in [7, 11) is -1.83. The van der Waals surface area contributed by atoms with Gasteiger partial charge in [-0.3, -0.25) is 4.79 Å². The third-order valence-electron chi connectivity index (χ3n) is 4.57. The van der Waals surface area contributed by atoms with E-state index in [0.29, 0.717) is 0 Å². The fourth-order valence-electron chi connectivity index (χ4n) is 1.90. The number of carbonyl (C=O) groups is 1. The summed E-state index contributed by atoms with van der Waals surface area (Å²) in [5, 5.41) is 0.178. The highest BCUT2D eigenvalue weighted by atomic mass is 127. The zero-order chi connectivity index (χ0) is 19.0. The van der Waals surface area contributed by atoms with Crippen LogP contribution in [0.25, 0.3) is 0 Å². The van der Waals surface area contributed by atoms with Crippen molar-refractivity contribution in [2.45, 2.75) is 78.6 Å². The van der Waals surface area contributed by atoms with Crippen molar-refractivity contribution in [3.8, 4) is 9.85 Å². The Labute approximate surface area is 163 Å². The number of aldehydes is 1. The third-order valence-corrected chi connectivity index (χ3v) is 9.37. The molecule has 0 N–H and O–H groups in total. The van der Waals surface area contributed by atoms with Crippen molar-refractivity contribution in [3.63, 3.8) is 0 Å². The molecule has 0 saturated carbocycles. The number of carbonyl (C=O) groups excluding carboxylic acids is 1. The first kappa shape index (κ1) is 23.6. The van der Waals surface area contributed by atoms with E-state index in [2.05, 4.69) is 93.2 Å². The van der Waals surface area contributed by atoms with E-state index in [1.807, 2.05) is 6.08 Å². The van der Waals surface area contributed by atoms with Crippen molar-refractivity contribution in [2.24, 2.45) is 5.41 Å². The lowest BCUT2D eigenvalue weighted by atomic mass is 9.88. The highest BCUT2D eigenvalue weighted by Crippen LogP contribution is 2.38. The largest absolute Gasteiger partial charge is 0.403 e. The molecule has 0 aromatic carbocycles. The van der Waals surface area contributed by atoms with Crippen LogP contribution >= 0.6 is 22.6 Å². The number of halogens is 1. The molecule has 1 atom stereocenters. The zero-order valence-electron chi connectivity index (χ0n) is 16.5. The first-order chi connectivity index (χ1) is 10.8. The summed E-state index contributed by atoms with van der Waals surface area (Å²) < 4.78 is 9.46. The highest BCUT2D eigenvalue weighted by molar-refractivity contribution is 14.1. The van der Waals surface area contributed by atoms with Gasteiger partial charge >= 0.3 is 0 Å². The molecule has 0 rings (SSSR count). The van der Waals surface area contributed by atoms with Gasteiger partial charge in [0.05, 0.1) is 0 Å². The summed E-state index contributed by atoms with van der Waals surface area (Å²) in [6.45, 7) is 17.7. The number of rotatable bonds is 8. The van der Waals surface area contributed by atoms with Crippen LogP contribution in [-0.4, -0.2) is 20.7 Å². The Morgan fingerprint density at radius 1 is 1.25 bits per heavy atom. The van der Waals surface area contributed by atoms with Crippen LogP contribution in [0.3, 0.4) is 0 Å². The van der Waals surface area contributed by atoms with Crippen molar-refractivity contribution in [1.82, 2.24) is 0 Å². The molecule has 0 aliphatic rings. The molecule has 0 fully saturated rings. The minimum Gasteiger partial charge on any atom is -0.403 e. The lowest BCUT2D eigenvalue weighted by Gasteiger charge is -2.38. The third kappa shape index (κ3) is 9.19. The molecule has 0 aliphatic heterocycles. The maximum absolute atomic E-state index is 10.5. The SMILES string of the molecule is C/C(=C\CC(C)(C)/C=C/C=O)CC(C#CI)O[Si](C)(C)C(C)(C)C. The van der Waals surface area contributed by atoms with Gasteiger partial charge in [-0.25, -0.2) is 0 Å². The van der Waals surface area contributed by atoms with Crippen molar-refractivity contribution < 1.29 is 9.22 Å². The zero-order valence-corrected chi connectivity index (χ0v) is 19.7. The average molecular weight is 460 g/mol. The lowest BCUT2D eigenvalue weighted by molar-refractivity contribution is -0.104. The van der Waals surface area contributed by atoms with Crippen LogP contribution in [0.2, 0.25) is 18.1 Å². The minimum absolute atomic E-state index is 0.0209. The van der Waals surface area contributed by atoms with Crippen molar-refractivity contribution >= 4 is 37.2 Å². The monoisotopic (exact) mass is 460 g/mol. The van der Waals surface area contributed by atoms with Gasteiger partial charge in [0.25, 0.3) is 0 Å². The Hall–Kier alpha value is -0.383. The Bertz CT molecular complexity index is 528. The van der Waals surface area contributed by atoms with Gasteiger partial charge in [0.1, 0.15) is 12.4 Å². The molecule has 0 bridgehead atoms. The highest BCUT2D eigenvalue weighted by Gasteiger charge is 2.38. The van der Waals surface area contributed by atoms with Crippen LogP contribution in [0, 0.1) is 15.3 Å². The van der Waals surface area contributed by atoms with E-state index in [-0.39, 0.29) is 16.6 Å². The van der Waals surface area contributed by atoms with Crippen LogP contribution in [0.1, 0.15) is 54.4 Å². The topological polar surface area (TPSA) is 26.3 Å². The van der Waals surface area contributed by atoms with Crippen LogP contribution in [0.4, 0.5) is 0 Å². The molecule has 1 unspecified atom stereocenters. The first-order valence-electron chi connectivity index (χ1n) is 8.42. The number of hydrogen-bond donors (Lipinski definition) is 0. The van der Waals surface area contributed by atoms with Crippen molar-refractivity contribution in [1.29, 1.82) is 0 Å². The number of allylic oxidation sites excluding steroid dienone is 3. The summed E-state index contributed by atoms with van der Waals surface area (Å²) in [6.07, 6.45) is 8.28. The normalized spacial score (nSPS) is 15.1. The first-order valence-corrected chi connectivity index (χ1v) is 12.4. The standard InChI is InChI=1S/C20H33IO2Si/c1-17(10-13-20(5,6)12-9-15-22)16-18(11-14-21)23-24(7,8)19(2,3)4/h9-10,12,15,18H,13,16H2,1-8H3/b12-9+,17-10+. The van der Waals surface area contributed by atoms with Crippen molar-refractivity contribution in [2.75, 3.05) is 0 Å². The maximum Gasteiger partial charge on any atom is 0.193 e. The number of hydrogen-bond acceptors (Lipinski definition) is 2. The van der Waals surface area contributed by atoms with E-state index in [0.717, 1.165) is 19.1 Å². The Morgan fingerprint density at radius 3 is 2.29 bits per heavy atom. The molecule has 24 heavy (non-hydrogen) atoms. The molecule has 0 heterocycles. The quantitative estimate of drug-likeness (QED) is 0.106. The predicted octanol–water partition coefficient (Wildman–Crippen LogP) is 6.28. The van der Waals surface area contributed by atoms with Gasteiger partial charge in [0.2, 0.25) is 0 Å². The molecule has 4 heteroatoms. The lowest BCUT2D eigenvalue weighted by Crippen LogP contribution is -2.43. The van der Waals surface area contributed by atoms with E-state index < -0.39 is 8.32 Å². The second-order valence-electron chi connectivity index (χ2n) is 8.55. The molecule has 136 valence electrons. The molecular formula is C20H33IO2Si. The summed E-state index contributed by atoms with van der Waals surface area (Å²) in [6, 6.07) is 0. The molecule has 0 saturated heterocycles. The molecular weight excluding hydrogens is 427 g/mol. The molecule has 0 aliphatic carbocycles. The summed E-state index contributed by atoms with van der Waals surface area (Å²) in [4.78, 5) is 10.5. The average Bonchev–Trinajstić information content (AvgIpc) is 2.42. The van der Waals surface area contributed by atoms with E-state index >= 15 is 0 Å². The molecule has 0 aromatic heterocycles. The van der Waals surface area contributed by atoms with Crippen LogP contribution < -0.4 is 0 Å². The van der Waals surface area contributed by atoms with E-state index in [4.69, 9.17) is 4.43 Å². The van der Waals surface area contributed by atoms with Gasteiger partial charge in [-0.05, 0) is 46.9 Å². The van der Waals surface area contributed by atoms with Gasteiger partial charge in [0, 0.05) is 29.0 Å². The molecule has 0 amide bonds. The van der Waals surface area contributed by atoms with Crippen LogP contribution in [0.5, 0.6) is 0 Å². The summed E-state index contributed by atoms with van der Waals surface area (Å²) in [5.74, 6) is 3.22. The van der Waals surface area contributed by atoms with Gasteiger partial charge in [-0.2, -0.15) is 0 Å². The maximum atomic E-state index is 10.5. The van der Waals surface area contributed by atoms with Gasteiger partial charge < -0.3 is 4.43 Å². The predicted molar refractivity (Wildman–Crippen MR) is 116 cm³/mol. The molecule has 2 nitrogen and oxygen atoms in total. The fraction of sp³-hybridized carbons (Fsp3) is 0.650. The van der Waals surface area contributed by atoms with Gasteiger partial charge in [0.15, 0.2) is 8.32 Å². The second-order valence-corrected chi connectivity index (χ2v) is 13.8. The Morgan fingerprint density at radius 2 is 1.83 bits per heavy atom. The van der Waals surface area contributed by atoms with Gasteiger partial charge in [-0.1, -0.05) is 58.3 Å². The van der Waals surface area contributed by atoms with E-state index in [9.17, 15) is 4.79 Å². The van der Waals surface area contributed by atoms with Crippen LogP contribution in [-0.2, 0) is 9.22 Å². The Kier molecular flexibility index (Phi) is 9.78. The van der Waals surface area contributed by atoms with Crippen molar-refractivity contribution in [3.05, 3.63) is 23.8 Å². The van der Waals surface area contributed by atoms with Crippen LogP contribution in [0.15, 0.2) is 23.8 Å². The molecule has 0 radical (unpaired) electrons. The molecule has 0 spiro atoms. The fourth-order valence-corrected chi connectivity index (χ4v) is 3.45. The molecule has 0 aromatic rings. The second kappa shape index (κ2) is 9.93. The van der Waals surface area contributed by atoms with E-state index in [1.165, 1.54) is 5.57 Å². The van der Waals surface area contributed by atoms with E-state index in [1.54, 1.807) is 6.08 Å². The van der Waals surface area contributed by atoms with Gasteiger partial charge in [-0.15, -0.1) is 0 Å².